The second kappa shape index (κ2) is 6.25. The summed E-state index contributed by atoms with van der Waals surface area (Å²) in [6.45, 7) is 4.20. The molecule has 21 heavy (non-hydrogen) atoms. The van der Waals surface area contributed by atoms with Crippen LogP contribution in [0.1, 0.15) is 19.3 Å². The van der Waals surface area contributed by atoms with Crippen molar-refractivity contribution in [2.75, 3.05) is 19.7 Å². The zero-order valence-corrected chi connectivity index (χ0v) is 12.7. The molecule has 0 amide bonds. The Morgan fingerprint density at radius 2 is 2.24 bits per heavy atom. The molecule has 6 heteroatoms. The number of piperidine rings is 1. The van der Waals surface area contributed by atoms with Crippen LogP contribution in [0.3, 0.4) is 0 Å². The van der Waals surface area contributed by atoms with Gasteiger partial charge in [-0.2, -0.15) is 4.31 Å². The van der Waals surface area contributed by atoms with Crippen LogP contribution in [-0.2, 0) is 10.0 Å². The summed E-state index contributed by atoms with van der Waals surface area (Å²) in [6, 6.07) is 5.01. The summed E-state index contributed by atoms with van der Waals surface area (Å²) < 4.78 is 39.8. The molecule has 2 rings (SSSR count). The molecule has 1 aliphatic heterocycles. The van der Waals surface area contributed by atoms with Gasteiger partial charge >= 0.3 is 0 Å². The van der Waals surface area contributed by atoms with E-state index >= 15 is 0 Å². The monoisotopic (exact) mass is 313 g/mol. The highest BCUT2D eigenvalue weighted by molar-refractivity contribution is 7.89. The van der Waals surface area contributed by atoms with Gasteiger partial charge in [0.1, 0.15) is 5.82 Å². The summed E-state index contributed by atoms with van der Waals surface area (Å²) in [5.74, 6) is -0.576. The van der Waals surface area contributed by atoms with Crippen LogP contribution in [0, 0.1) is 11.2 Å². The average molecular weight is 313 g/mol. The fraction of sp³-hybridized carbons (Fsp3) is 0.467. The number of hydrogen-bond acceptors (Lipinski definition) is 3. The lowest BCUT2D eigenvalue weighted by molar-refractivity contribution is 0.0669. The Labute approximate surface area is 125 Å². The van der Waals surface area contributed by atoms with Gasteiger partial charge in [-0.25, -0.2) is 12.8 Å². The third-order valence-corrected chi connectivity index (χ3v) is 5.81. The molecule has 1 saturated heterocycles. The Morgan fingerprint density at radius 3 is 2.86 bits per heavy atom. The highest BCUT2D eigenvalue weighted by Crippen LogP contribution is 2.35. The van der Waals surface area contributed by atoms with Crippen LogP contribution in [-0.4, -0.2) is 37.5 Å². The minimum Gasteiger partial charge on any atom is -0.396 e. The minimum atomic E-state index is -3.74. The van der Waals surface area contributed by atoms with E-state index in [1.807, 2.05) is 0 Å². The summed E-state index contributed by atoms with van der Waals surface area (Å²) in [7, 11) is -3.74. The molecule has 0 unspecified atom stereocenters. The highest BCUT2D eigenvalue weighted by atomic mass is 32.2. The molecular weight excluding hydrogens is 293 g/mol. The lowest BCUT2D eigenvalue weighted by atomic mass is 9.79. The van der Waals surface area contributed by atoms with E-state index < -0.39 is 21.3 Å². The lowest BCUT2D eigenvalue weighted by Crippen LogP contribution is -2.47. The number of aliphatic hydroxyl groups excluding tert-OH is 1. The fourth-order valence-corrected chi connectivity index (χ4v) is 4.43. The van der Waals surface area contributed by atoms with Gasteiger partial charge in [-0.1, -0.05) is 12.1 Å². The number of benzene rings is 1. The zero-order chi connectivity index (χ0) is 15.5. The summed E-state index contributed by atoms with van der Waals surface area (Å²) >= 11 is 0. The SMILES string of the molecule is C=CC[C@@]1(CO)CCCN(S(=O)(=O)c2cccc(F)c2)C1. The quantitative estimate of drug-likeness (QED) is 0.848. The normalized spacial score (nSPS) is 23.9. The molecular formula is C15H20FNO3S. The summed E-state index contributed by atoms with van der Waals surface area (Å²) in [5, 5.41) is 9.64. The molecule has 1 atom stereocenters. The van der Waals surface area contributed by atoms with Crippen molar-refractivity contribution in [2.45, 2.75) is 24.2 Å². The average Bonchev–Trinajstić information content (AvgIpc) is 2.48. The smallest absolute Gasteiger partial charge is 0.243 e. The van der Waals surface area contributed by atoms with Gasteiger partial charge in [0.15, 0.2) is 0 Å². The number of sulfonamides is 1. The van der Waals surface area contributed by atoms with Crippen LogP contribution in [0.5, 0.6) is 0 Å². The van der Waals surface area contributed by atoms with Crippen molar-refractivity contribution in [3.63, 3.8) is 0 Å². The van der Waals surface area contributed by atoms with E-state index in [0.717, 1.165) is 12.5 Å². The summed E-state index contributed by atoms with van der Waals surface area (Å²) in [6.07, 6.45) is 3.68. The van der Waals surface area contributed by atoms with Crippen molar-refractivity contribution >= 4 is 10.0 Å². The van der Waals surface area contributed by atoms with Crippen molar-refractivity contribution in [1.82, 2.24) is 4.31 Å². The second-order valence-electron chi connectivity index (χ2n) is 5.55. The van der Waals surface area contributed by atoms with Crippen molar-refractivity contribution < 1.29 is 17.9 Å². The molecule has 116 valence electrons. The molecule has 1 fully saturated rings. The van der Waals surface area contributed by atoms with E-state index in [9.17, 15) is 17.9 Å². The molecule has 1 aromatic rings. The first-order valence-electron chi connectivity index (χ1n) is 6.91. The molecule has 1 heterocycles. The van der Waals surface area contributed by atoms with Gasteiger partial charge in [-0.3, -0.25) is 0 Å². The lowest BCUT2D eigenvalue weighted by Gasteiger charge is -2.40. The van der Waals surface area contributed by atoms with E-state index in [2.05, 4.69) is 6.58 Å². The Bertz CT molecular complexity index is 617. The Kier molecular flexibility index (Phi) is 4.81. The van der Waals surface area contributed by atoms with Gasteiger partial charge in [0.25, 0.3) is 0 Å². The highest BCUT2D eigenvalue weighted by Gasteiger charge is 2.39. The van der Waals surface area contributed by atoms with Crippen LogP contribution in [0.25, 0.3) is 0 Å². The summed E-state index contributed by atoms with van der Waals surface area (Å²) in [5.41, 5.74) is -0.486. The third kappa shape index (κ3) is 3.33. The number of halogens is 1. The molecule has 0 aliphatic carbocycles. The fourth-order valence-electron chi connectivity index (χ4n) is 2.81. The van der Waals surface area contributed by atoms with Crippen molar-refractivity contribution in [2.24, 2.45) is 5.41 Å². The molecule has 0 bridgehead atoms. The molecule has 4 nitrogen and oxygen atoms in total. The predicted octanol–water partition coefficient (Wildman–Crippen LogP) is 2.17. The van der Waals surface area contributed by atoms with Crippen LogP contribution in [0.15, 0.2) is 41.8 Å². The van der Waals surface area contributed by atoms with Gasteiger partial charge in [0, 0.05) is 18.5 Å². The molecule has 0 radical (unpaired) electrons. The number of allylic oxidation sites excluding steroid dienone is 1. The first kappa shape index (κ1) is 16.1. The van der Waals surface area contributed by atoms with Crippen LogP contribution in [0.4, 0.5) is 4.39 Å². The van der Waals surface area contributed by atoms with Gasteiger partial charge in [0.05, 0.1) is 11.5 Å². The maximum Gasteiger partial charge on any atom is 0.243 e. The van der Waals surface area contributed by atoms with Gasteiger partial charge in [-0.05, 0) is 37.5 Å². The molecule has 0 saturated carbocycles. The summed E-state index contributed by atoms with van der Waals surface area (Å²) in [4.78, 5) is -0.0464. The number of nitrogens with zero attached hydrogens (tertiary/aromatic N) is 1. The minimum absolute atomic E-state index is 0.0464. The number of rotatable bonds is 5. The van der Waals surface area contributed by atoms with Crippen LogP contribution < -0.4 is 0 Å². The molecule has 1 aliphatic rings. The first-order valence-corrected chi connectivity index (χ1v) is 8.35. The zero-order valence-electron chi connectivity index (χ0n) is 11.8. The van der Waals surface area contributed by atoms with Gasteiger partial charge < -0.3 is 5.11 Å². The number of hydrogen-bond donors (Lipinski definition) is 1. The molecule has 1 N–H and O–H groups in total. The Balaban J connectivity index is 2.30. The molecule has 1 aromatic carbocycles. The molecule has 0 spiro atoms. The van der Waals surface area contributed by atoms with Crippen LogP contribution >= 0.6 is 0 Å². The van der Waals surface area contributed by atoms with Gasteiger partial charge in [-0.15, -0.1) is 6.58 Å². The van der Waals surface area contributed by atoms with E-state index in [1.54, 1.807) is 6.08 Å². The molecule has 0 aromatic heterocycles. The largest absolute Gasteiger partial charge is 0.396 e. The Hall–Kier alpha value is -1.24. The maximum absolute atomic E-state index is 13.3. The van der Waals surface area contributed by atoms with Crippen LogP contribution in [0.2, 0.25) is 0 Å². The predicted molar refractivity (Wildman–Crippen MR) is 78.7 cm³/mol. The van der Waals surface area contributed by atoms with E-state index in [1.165, 1.54) is 22.5 Å². The topological polar surface area (TPSA) is 57.6 Å². The van der Waals surface area contributed by atoms with Crippen molar-refractivity contribution in [3.8, 4) is 0 Å². The van der Waals surface area contributed by atoms with E-state index in [-0.39, 0.29) is 18.0 Å². The van der Waals surface area contributed by atoms with E-state index in [0.29, 0.717) is 19.4 Å². The number of aliphatic hydroxyl groups is 1. The first-order chi connectivity index (χ1) is 9.93. The van der Waals surface area contributed by atoms with Crippen molar-refractivity contribution in [3.05, 3.63) is 42.7 Å². The third-order valence-electron chi connectivity index (χ3n) is 3.97. The maximum atomic E-state index is 13.3. The Morgan fingerprint density at radius 1 is 1.48 bits per heavy atom. The standard InChI is InChI=1S/C15H20FNO3S/c1-2-7-15(12-18)8-4-9-17(11-15)21(19,20)14-6-3-5-13(16)10-14/h2-3,5-6,10,18H,1,4,7-9,11-12H2/t15-/m1/s1. The second-order valence-corrected chi connectivity index (χ2v) is 7.49. The van der Waals surface area contributed by atoms with Gasteiger partial charge in [0.2, 0.25) is 10.0 Å². The van der Waals surface area contributed by atoms with Crippen molar-refractivity contribution in [1.29, 1.82) is 0 Å². The van der Waals surface area contributed by atoms with E-state index in [4.69, 9.17) is 0 Å².